The molecule has 1 N–H and O–H groups in total. The number of hydrogen-bond acceptors (Lipinski definition) is 1. The highest BCUT2D eigenvalue weighted by Gasteiger charge is 2.09. The summed E-state index contributed by atoms with van der Waals surface area (Å²) in [5, 5.41) is 8.74. The van der Waals surface area contributed by atoms with Gasteiger partial charge < -0.3 is 5.11 Å². The van der Waals surface area contributed by atoms with Gasteiger partial charge in [-0.05, 0) is 31.0 Å². The van der Waals surface area contributed by atoms with Crippen LogP contribution in [-0.2, 0) is 6.42 Å². The Morgan fingerprint density at radius 3 is 2.54 bits per heavy atom. The zero-order valence-electron chi connectivity index (χ0n) is 7.02. The van der Waals surface area contributed by atoms with E-state index in [1.54, 1.807) is 6.92 Å². The molecule has 13 heavy (non-hydrogen) atoms. The number of halogens is 3. The molecule has 0 amide bonds. The monoisotopic (exact) mass is 206 g/mol. The largest absolute Gasteiger partial charge is 0.393 e. The first-order valence-corrected chi connectivity index (χ1v) is 4.20. The van der Waals surface area contributed by atoms with Crippen LogP contribution in [0.15, 0.2) is 12.1 Å². The summed E-state index contributed by atoms with van der Waals surface area (Å²) in [6.07, 6.45) is -0.336. The number of benzene rings is 1. The molecule has 72 valence electrons. The highest BCUT2D eigenvalue weighted by Crippen LogP contribution is 2.20. The summed E-state index contributed by atoms with van der Waals surface area (Å²) in [6, 6.07) is 2.35. The molecule has 0 aliphatic heterocycles. The standard InChI is InChI=1S/C9H9ClF2O/c1-5(13)2-6-3-7(10)9(12)8(11)4-6/h3-5,13H,2H2,1H3. The predicted octanol–water partition coefficient (Wildman–Crippen LogP) is 2.54. The SMILES string of the molecule is CC(O)Cc1cc(F)c(F)c(Cl)c1. The van der Waals surface area contributed by atoms with Gasteiger partial charge in [0.25, 0.3) is 0 Å². The Kier molecular flexibility index (Phi) is 3.22. The van der Waals surface area contributed by atoms with Gasteiger partial charge in [0, 0.05) is 0 Å². The van der Waals surface area contributed by atoms with Crippen LogP contribution in [0.25, 0.3) is 0 Å². The Balaban J connectivity index is 2.99. The summed E-state index contributed by atoms with van der Waals surface area (Å²) in [6.45, 7) is 1.56. The van der Waals surface area contributed by atoms with Gasteiger partial charge in [0.2, 0.25) is 0 Å². The van der Waals surface area contributed by atoms with Crippen molar-refractivity contribution in [2.45, 2.75) is 19.4 Å². The molecule has 0 saturated heterocycles. The molecule has 1 aromatic carbocycles. The molecule has 1 rings (SSSR count). The first kappa shape index (κ1) is 10.4. The highest BCUT2D eigenvalue weighted by atomic mass is 35.5. The lowest BCUT2D eigenvalue weighted by molar-refractivity contribution is 0.195. The minimum Gasteiger partial charge on any atom is -0.393 e. The van der Waals surface area contributed by atoms with E-state index in [1.807, 2.05) is 0 Å². The van der Waals surface area contributed by atoms with E-state index in [0.717, 1.165) is 6.07 Å². The molecule has 4 heteroatoms. The molecular formula is C9H9ClF2O. The Bertz CT molecular complexity index is 289. The second-order valence-electron chi connectivity index (χ2n) is 2.93. The molecule has 0 saturated carbocycles. The maximum Gasteiger partial charge on any atom is 0.177 e. The smallest absolute Gasteiger partial charge is 0.177 e. The van der Waals surface area contributed by atoms with Crippen LogP contribution in [0.1, 0.15) is 12.5 Å². The first-order chi connectivity index (χ1) is 6.00. The van der Waals surface area contributed by atoms with Crippen LogP contribution in [-0.4, -0.2) is 11.2 Å². The molecule has 0 aromatic heterocycles. The zero-order chi connectivity index (χ0) is 10.0. The van der Waals surface area contributed by atoms with Crippen LogP contribution in [0, 0.1) is 11.6 Å². The van der Waals surface area contributed by atoms with Crippen molar-refractivity contribution in [3.05, 3.63) is 34.4 Å². The number of aliphatic hydroxyl groups is 1. The normalized spacial score (nSPS) is 13.0. The molecule has 0 fully saturated rings. The summed E-state index contributed by atoms with van der Waals surface area (Å²) in [7, 11) is 0. The molecule has 1 aromatic rings. The van der Waals surface area contributed by atoms with Crippen LogP contribution in [0.4, 0.5) is 8.78 Å². The summed E-state index contributed by atoms with van der Waals surface area (Å²) >= 11 is 5.41. The average molecular weight is 207 g/mol. The van der Waals surface area contributed by atoms with Crippen molar-refractivity contribution in [3.8, 4) is 0 Å². The van der Waals surface area contributed by atoms with Gasteiger partial charge in [0.05, 0.1) is 11.1 Å². The minimum absolute atomic E-state index is 0.254. The quantitative estimate of drug-likeness (QED) is 0.738. The van der Waals surface area contributed by atoms with Gasteiger partial charge in [-0.2, -0.15) is 0 Å². The van der Waals surface area contributed by atoms with Gasteiger partial charge in [-0.3, -0.25) is 0 Å². The fourth-order valence-corrected chi connectivity index (χ4v) is 1.30. The maximum absolute atomic E-state index is 12.7. The lowest BCUT2D eigenvalue weighted by Crippen LogP contribution is -2.05. The molecular weight excluding hydrogens is 198 g/mol. The van der Waals surface area contributed by atoms with Crippen LogP contribution in [0.3, 0.4) is 0 Å². The van der Waals surface area contributed by atoms with E-state index in [0.29, 0.717) is 5.56 Å². The van der Waals surface area contributed by atoms with E-state index in [-0.39, 0.29) is 11.4 Å². The van der Waals surface area contributed by atoms with E-state index in [1.165, 1.54) is 6.07 Å². The van der Waals surface area contributed by atoms with Crippen LogP contribution < -0.4 is 0 Å². The second-order valence-corrected chi connectivity index (χ2v) is 3.33. The van der Waals surface area contributed by atoms with Crippen molar-refractivity contribution >= 4 is 11.6 Å². The van der Waals surface area contributed by atoms with Crippen molar-refractivity contribution in [3.63, 3.8) is 0 Å². The third-order valence-electron chi connectivity index (χ3n) is 1.57. The van der Waals surface area contributed by atoms with Gasteiger partial charge in [-0.25, -0.2) is 8.78 Å². The number of hydrogen-bond donors (Lipinski definition) is 1. The van der Waals surface area contributed by atoms with Crippen molar-refractivity contribution in [2.24, 2.45) is 0 Å². The Morgan fingerprint density at radius 2 is 2.08 bits per heavy atom. The third kappa shape index (κ3) is 2.64. The summed E-state index contributed by atoms with van der Waals surface area (Å²) < 4.78 is 25.4. The fourth-order valence-electron chi connectivity index (χ4n) is 1.07. The van der Waals surface area contributed by atoms with E-state index < -0.39 is 17.7 Å². The van der Waals surface area contributed by atoms with E-state index in [2.05, 4.69) is 0 Å². The van der Waals surface area contributed by atoms with Gasteiger partial charge in [-0.15, -0.1) is 0 Å². The van der Waals surface area contributed by atoms with E-state index in [4.69, 9.17) is 16.7 Å². The van der Waals surface area contributed by atoms with Crippen molar-refractivity contribution in [1.29, 1.82) is 0 Å². The molecule has 0 spiro atoms. The second kappa shape index (κ2) is 4.03. The van der Waals surface area contributed by atoms with Crippen molar-refractivity contribution < 1.29 is 13.9 Å². The van der Waals surface area contributed by atoms with Crippen LogP contribution in [0.2, 0.25) is 5.02 Å². The zero-order valence-corrected chi connectivity index (χ0v) is 7.78. The van der Waals surface area contributed by atoms with Crippen molar-refractivity contribution in [1.82, 2.24) is 0 Å². The maximum atomic E-state index is 12.7. The Hall–Kier alpha value is -0.670. The summed E-state index contributed by atoms with van der Waals surface area (Å²) in [5.74, 6) is -2.03. The van der Waals surface area contributed by atoms with Gasteiger partial charge >= 0.3 is 0 Å². The van der Waals surface area contributed by atoms with Crippen molar-refractivity contribution in [2.75, 3.05) is 0 Å². The first-order valence-electron chi connectivity index (χ1n) is 3.82. The van der Waals surface area contributed by atoms with Gasteiger partial charge in [0.1, 0.15) is 0 Å². The molecule has 0 radical (unpaired) electrons. The lowest BCUT2D eigenvalue weighted by Gasteiger charge is -2.05. The Labute approximate surface area is 80.0 Å². The molecule has 0 aliphatic rings. The van der Waals surface area contributed by atoms with E-state index >= 15 is 0 Å². The van der Waals surface area contributed by atoms with Gasteiger partial charge in [0.15, 0.2) is 11.6 Å². The molecule has 0 bridgehead atoms. The lowest BCUT2D eigenvalue weighted by atomic mass is 10.1. The molecule has 1 atom stereocenters. The summed E-state index contributed by atoms with van der Waals surface area (Å²) in [5.41, 5.74) is 0.485. The molecule has 1 unspecified atom stereocenters. The Morgan fingerprint density at radius 1 is 1.46 bits per heavy atom. The highest BCUT2D eigenvalue weighted by molar-refractivity contribution is 6.30. The molecule has 0 heterocycles. The average Bonchev–Trinajstić information content (AvgIpc) is 1.98. The van der Waals surface area contributed by atoms with Crippen LogP contribution >= 0.6 is 11.6 Å². The topological polar surface area (TPSA) is 20.2 Å². The third-order valence-corrected chi connectivity index (χ3v) is 1.85. The number of rotatable bonds is 2. The van der Waals surface area contributed by atoms with Crippen LogP contribution in [0.5, 0.6) is 0 Å². The summed E-state index contributed by atoms with van der Waals surface area (Å²) in [4.78, 5) is 0. The van der Waals surface area contributed by atoms with E-state index in [9.17, 15) is 8.78 Å². The molecule has 0 aliphatic carbocycles. The molecule has 1 nitrogen and oxygen atoms in total. The predicted molar refractivity (Wildman–Crippen MR) is 46.8 cm³/mol. The number of aliphatic hydroxyl groups excluding tert-OH is 1. The van der Waals surface area contributed by atoms with Gasteiger partial charge in [-0.1, -0.05) is 11.6 Å². The fraction of sp³-hybridized carbons (Fsp3) is 0.333. The minimum atomic E-state index is -1.05.